The van der Waals surface area contributed by atoms with Gasteiger partial charge >= 0.3 is 0 Å². The number of hydrogen-bond donors (Lipinski definition) is 1. The van der Waals surface area contributed by atoms with Gasteiger partial charge in [0.15, 0.2) is 0 Å². The van der Waals surface area contributed by atoms with Crippen LogP contribution in [0.25, 0.3) is 0 Å². The first-order chi connectivity index (χ1) is 8.19. The van der Waals surface area contributed by atoms with Crippen LogP contribution in [0, 0.1) is 0 Å². The molecule has 0 amide bonds. The van der Waals surface area contributed by atoms with Crippen LogP contribution in [-0.4, -0.2) is 39.2 Å². The first-order valence-electron chi connectivity index (χ1n) is 6.66. The fourth-order valence-corrected chi connectivity index (χ4v) is 2.69. The largest absolute Gasteiger partial charge is 0.382 e. The monoisotopic (exact) mass is 237 g/mol. The lowest BCUT2D eigenvalue weighted by Crippen LogP contribution is -2.32. The Morgan fingerprint density at radius 3 is 2.82 bits per heavy atom. The molecule has 0 aromatic carbocycles. The highest BCUT2D eigenvalue weighted by Gasteiger charge is 2.35. The van der Waals surface area contributed by atoms with Gasteiger partial charge in [-0.3, -0.25) is 0 Å². The second-order valence-electron chi connectivity index (χ2n) is 4.86. The average molecular weight is 237 g/mol. The fourth-order valence-electron chi connectivity index (χ4n) is 2.69. The third kappa shape index (κ3) is 2.53. The van der Waals surface area contributed by atoms with E-state index >= 15 is 0 Å². The van der Waals surface area contributed by atoms with Gasteiger partial charge in [-0.2, -0.15) is 0 Å². The normalized spacial score (nSPS) is 27.0. The maximum Gasteiger partial charge on any atom is 0.140 e. The minimum Gasteiger partial charge on any atom is -0.382 e. The molecule has 0 saturated carbocycles. The molecule has 17 heavy (non-hydrogen) atoms. The van der Waals surface area contributed by atoms with Gasteiger partial charge in [0.1, 0.15) is 11.4 Å². The van der Waals surface area contributed by atoms with Gasteiger partial charge in [-0.15, -0.1) is 0 Å². The molecule has 4 heteroatoms. The molecule has 1 fully saturated rings. The second kappa shape index (κ2) is 5.19. The zero-order valence-corrected chi connectivity index (χ0v) is 10.9. The van der Waals surface area contributed by atoms with Crippen LogP contribution >= 0.6 is 0 Å². The predicted octanol–water partition coefficient (Wildman–Crippen LogP) is 1.60. The van der Waals surface area contributed by atoms with E-state index in [1.807, 2.05) is 6.20 Å². The molecule has 1 aromatic heterocycles. The van der Waals surface area contributed by atoms with E-state index in [4.69, 9.17) is 0 Å². The molecule has 0 aliphatic carbocycles. The maximum atomic E-state index is 10.8. The molecule has 0 spiro atoms. The number of aromatic nitrogens is 2. The van der Waals surface area contributed by atoms with Crippen molar-refractivity contribution in [3.05, 3.63) is 18.2 Å². The highest BCUT2D eigenvalue weighted by Crippen LogP contribution is 2.31. The Bertz CT molecular complexity index is 363. The van der Waals surface area contributed by atoms with E-state index in [0.29, 0.717) is 0 Å². The summed E-state index contributed by atoms with van der Waals surface area (Å²) in [5.41, 5.74) is -0.733. The van der Waals surface area contributed by atoms with E-state index in [1.165, 1.54) is 0 Å². The molecular formula is C13H23N3O. The van der Waals surface area contributed by atoms with Crippen molar-refractivity contribution in [3.63, 3.8) is 0 Å². The van der Waals surface area contributed by atoms with E-state index in [2.05, 4.69) is 28.3 Å². The van der Waals surface area contributed by atoms with Crippen molar-refractivity contribution in [1.82, 2.24) is 14.5 Å². The van der Waals surface area contributed by atoms with Gasteiger partial charge in [0.25, 0.3) is 0 Å². The van der Waals surface area contributed by atoms with E-state index in [9.17, 15) is 5.11 Å². The third-order valence-corrected chi connectivity index (χ3v) is 3.83. The minimum absolute atomic E-state index is 0.733. The molecule has 1 aliphatic heterocycles. The van der Waals surface area contributed by atoms with E-state index in [1.54, 1.807) is 6.20 Å². The van der Waals surface area contributed by atoms with Crippen molar-refractivity contribution in [2.75, 3.05) is 19.6 Å². The minimum atomic E-state index is -0.733. The van der Waals surface area contributed by atoms with Gasteiger partial charge in [-0.1, -0.05) is 6.92 Å². The smallest absolute Gasteiger partial charge is 0.140 e. The Kier molecular flexibility index (Phi) is 3.84. The van der Waals surface area contributed by atoms with Crippen molar-refractivity contribution in [1.29, 1.82) is 0 Å². The Labute approximate surface area is 103 Å². The lowest BCUT2D eigenvalue weighted by atomic mass is 9.94. The van der Waals surface area contributed by atoms with E-state index < -0.39 is 5.60 Å². The molecule has 2 rings (SSSR count). The van der Waals surface area contributed by atoms with Crippen molar-refractivity contribution in [2.45, 2.75) is 45.3 Å². The molecule has 1 atom stereocenters. The molecule has 2 heterocycles. The number of likely N-dealkylation sites (tertiary alicyclic amines) is 1. The molecule has 0 bridgehead atoms. The molecule has 96 valence electrons. The van der Waals surface area contributed by atoms with E-state index in [-0.39, 0.29) is 0 Å². The zero-order chi connectivity index (χ0) is 12.3. The van der Waals surface area contributed by atoms with Crippen LogP contribution in [0.4, 0.5) is 0 Å². The number of hydrogen-bond acceptors (Lipinski definition) is 3. The topological polar surface area (TPSA) is 41.3 Å². The summed E-state index contributed by atoms with van der Waals surface area (Å²) in [5, 5.41) is 10.8. The summed E-state index contributed by atoms with van der Waals surface area (Å²) >= 11 is 0. The molecule has 0 radical (unpaired) electrons. The molecule has 1 saturated heterocycles. The van der Waals surface area contributed by atoms with Crippen LogP contribution in [0.3, 0.4) is 0 Å². The summed E-state index contributed by atoms with van der Waals surface area (Å²) in [6.07, 6.45) is 6.40. The van der Waals surface area contributed by atoms with Crippen molar-refractivity contribution < 1.29 is 5.11 Å². The molecule has 1 N–H and O–H groups in total. The first-order valence-corrected chi connectivity index (χ1v) is 6.66. The van der Waals surface area contributed by atoms with Crippen LogP contribution < -0.4 is 0 Å². The average Bonchev–Trinajstić information content (AvgIpc) is 2.74. The van der Waals surface area contributed by atoms with Crippen molar-refractivity contribution >= 4 is 0 Å². The highest BCUT2D eigenvalue weighted by atomic mass is 16.3. The Morgan fingerprint density at radius 1 is 1.29 bits per heavy atom. The van der Waals surface area contributed by atoms with E-state index in [0.717, 1.165) is 51.3 Å². The number of nitrogens with zero attached hydrogens (tertiary/aromatic N) is 3. The van der Waals surface area contributed by atoms with Gasteiger partial charge in [0, 0.05) is 25.5 Å². The highest BCUT2D eigenvalue weighted by molar-refractivity contribution is 5.06. The van der Waals surface area contributed by atoms with Gasteiger partial charge < -0.3 is 14.6 Å². The van der Waals surface area contributed by atoms with Crippen LogP contribution in [0.2, 0.25) is 0 Å². The van der Waals surface area contributed by atoms with Gasteiger partial charge in [0.2, 0.25) is 0 Å². The summed E-state index contributed by atoms with van der Waals surface area (Å²) in [4.78, 5) is 6.77. The van der Waals surface area contributed by atoms with Crippen LogP contribution in [0.5, 0.6) is 0 Å². The summed E-state index contributed by atoms with van der Waals surface area (Å²) in [6, 6.07) is 0. The summed E-state index contributed by atoms with van der Waals surface area (Å²) in [7, 11) is 0. The molecule has 1 aromatic rings. The summed E-state index contributed by atoms with van der Waals surface area (Å²) in [6.45, 7) is 8.25. The van der Waals surface area contributed by atoms with Gasteiger partial charge in [-0.25, -0.2) is 4.98 Å². The molecule has 1 unspecified atom stereocenters. The standard InChI is InChI=1S/C13H23N3O/c1-3-15-9-5-6-13(17,7-10-15)12-14-8-11-16(12)4-2/h8,11,17H,3-7,9-10H2,1-2H3. The third-order valence-electron chi connectivity index (χ3n) is 3.83. The molecular weight excluding hydrogens is 214 g/mol. The Balaban J connectivity index is 2.18. The number of imidazole rings is 1. The van der Waals surface area contributed by atoms with Gasteiger partial charge in [-0.05, 0) is 39.3 Å². The lowest BCUT2D eigenvalue weighted by molar-refractivity contribution is 0.00934. The number of aryl methyl sites for hydroxylation is 1. The van der Waals surface area contributed by atoms with Crippen molar-refractivity contribution in [2.24, 2.45) is 0 Å². The predicted molar refractivity (Wildman–Crippen MR) is 67.8 cm³/mol. The lowest BCUT2D eigenvalue weighted by Gasteiger charge is -2.26. The van der Waals surface area contributed by atoms with Crippen LogP contribution in [-0.2, 0) is 12.1 Å². The Hall–Kier alpha value is -0.870. The molecule has 1 aliphatic rings. The van der Waals surface area contributed by atoms with Crippen LogP contribution in [0.15, 0.2) is 12.4 Å². The fraction of sp³-hybridized carbons (Fsp3) is 0.769. The number of rotatable bonds is 3. The summed E-state index contributed by atoms with van der Waals surface area (Å²) in [5.74, 6) is 0.845. The quantitative estimate of drug-likeness (QED) is 0.868. The Morgan fingerprint density at radius 2 is 2.12 bits per heavy atom. The molecule has 4 nitrogen and oxygen atoms in total. The maximum absolute atomic E-state index is 10.8. The summed E-state index contributed by atoms with van der Waals surface area (Å²) < 4.78 is 2.06. The number of aliphatic hydroxyl groups is 1. The van der Waals surface area contributed by atoms with Crippen LogP contribution in [0.1, 0.15) is 38.9 Å². The van der Waals surface area contributed by atoms with Crippen molar-refractivity contribution in [3.8, 4) is 0 Å². The SMILES string of the molecule is CCN1CCCC(O)(c2nccn2CC)CC1. The zero-order valence-electron chi connectivity index (χ0n) is 10.9. The second-order valence-corrected chi connectivity index (χ2v) is 4.86. The van der Waals surface area contributed by atoms with Gasteiger partial charge in [0.05, 0.1) is 0 Å². The first kappa shape index (κ1) is 12.6.